The van der Waals surface area contributed by atoms with Crippen molar-refractivity contribution in [1.82, 2.24) is 14.3 Å². The molecule has 1 fully saturated rings. The molecule has 3 aromatic rings. The van der Waals surface area contributed by atoms with E-state index in [2.05, 4.69) is 9.97 Å². The zero-order valence-electron chi connectivity index (χ0n) is 17.2. The summed E-state index contributed by atoms with van der Waals surface area (Å²) >= 11 is 0. The van der Waals surface area contributed by atoms with Crippen molar-refractivity contribution >= 4 is 26.7 Å². The highest BCUT2D eigenvalue weighted by atomic mass is 32.2. The molecule has 2 aliphatic rings. The van der Waals surface area contributed by atoms with Crippen molar-refractivity contribution in [1.29, 1.82) is 0 Å². The van der Waals surface area contributed by atoms with Crippen molar-refractivity contribution in [2.24, 2.45) is 0 Å². The van der Waals surface area contributed by atoms with Crippen LogP contribution < -0.4 is 14.4 Å². The highest BCUT2D eigenvalue weighted by Crippen LogP contribution is 2.35. The molecular formula is C21H19F3N4O4S. The zero-order valence-corrected chi connectivity index (χ0v) is 18.1. The number of aromatic nitrogens is 2. The van der Waals surface area contributed by atoms with Gasteiger partial charge in [0.15, 0.2) is 11.5 Å². The van der Waals surface area contributed by atoms with Crippen LogP contribution in [0.2, 0.25) is 0 Å². The van der Waals surface area contributed by atoms with Crippen LogP contribution >= 0.6 is 0 Å². The summed E-state index contributed by atoms with van der Waals surface area (Å²) in [5, 5.41) is 0.480. The number of anilines is 1. The summed E-state index contributed by atoms with van der Waals surface area (Å²) in [5.41, 5.74) is 0.182. The Balaban J connectivity index is 1.40. The Morgan fingerprint density at radius 1 is 0.879 bits per heavy atom. The van der Waals surface area contributed by atoms with E-state index >= 15 is 0 Å². The van der Waals surface area contributed by atoms with E-state index < -0.39 is 22.0 Å². The van der Waals surface area contributed by atoms with Gasteiger partial charge in [-0.15, -0.1) is 0 Å². The molecule has 0 unspecified atom stereocenters. The van der Waals surface area contributed by atoms with Gasteiger partial charge in [-0.25, -0.2) is 18.4 Å². The number of ether oxygens (including phenoxy) is 2. The van der Waals surface area contributed by atoms with Gasteiger partial charge in [0, 0.05) is 37.6 Å². The number of benzene rings is 2. The first-order chi connectivity index (χ1) is 15.7. The van der Waals surface area contributed by atoms with Gasteiger partial charge in [0.05, 0.1) is 10.4 Å². The third-order valence-corrected chi connectivity index (χ3v) is 7.42. The van der Waals surface area contributed by atoms with E-state index in [0.29, 0.717) is 30.1 Å². The number of halogens is 3. The summed E-state index contributed by atoms with van der Waals surface area (Å²) in [5.74, 6) is -0.221. The molecule has 0 bridgehead atoms. The Labute approximate surface area is 187 Å². The van der Waals surface area contributed by atoms with E-state index in [4.69, 9.17) is 9.47 Å². The fourth-order valence-electron chi connectivity index (χ4n) is 3.90. The van der Waals surface area contributed by atoms with Gasteiger partial charge in [-0.05, 0) is 24.3 Å². The summed E-state index contributed by atoms with van der Waals surface area (Å²) < 4.78 is 78.5. The van der Waals surface area contributed by atoms with Crippen LogP contribution in [0.25, 0.3) is 10.9 Å². The Hall–Kier alpha value is -3.12. The first kappa shape index (κ1) is 21.7. The fraction of sp³-hybridized carbons (Fsp3) is 0.333. The number of rotatable bonds is 3. The lowest BCUT2D eigenvalue weighted by Crippen LogP contribution is -2.49. The minimum Gasteiger partial charge on any atom is -0.486 e. The number of piperazine rings is 1. The van der Waals surface area contributed by atoms with Crippen molar-refractivity contribution in [3.05, 3.63) is 48.3 Å². The average molecular weight is 480 g/mol. The molecule has 3 heterocycles. The lowest BCUT2D eigenvalue weighted by molar-refractivity contribution is -0.144. The monoisotopic (exact) mass is 480 g/mol. The molecule has 0 radical (unpaired) electrons. The SMILES string of the molecule is O=S(=O)(c1ccc2c(c1)OCCO2)N1CCN(c2nc(C(F)(F)F)nc3ccccc23)CC1. The van der Waals surface area contributed by atoms with E-state index in [-0.39, 0.29) is 42.4 Å². The molecule has 2 aromatic carbocycles. The molecule has 5 rings (SSSR count). The molecule has 0 aliphatic carbocycles. The fourth-order valence-corrected chi connectivity index (χ4v) is 5.34. The topological polar surface area (TPSA) is 84.9 Å². The number of hydrogen-bond donors (Lipinski definition) is 0. The molecule has 0 atom stereocenters. The second kappa shape index (κ2) is 8.03. The molecule has 8 nitrogen and oxygen atoms in total. The summed E-state index contributed by atoms with van der Waals surface area (Å²) in [6.45, 7) is 1.29. The highest BCUT2D eigenvalue weighted by molar-refractivity contribution is 7.89. The normalized spacial score (nSPS) is 17.4. The Kier molecular flexibility index (Phi) is 5.28. The number of alkyl halides is 3. The lowest BCUT2D eigenvalue weighted by atomic mass is 10.2. The van der Waals surface area contributed by atoms with Crippen LogP contribution in [0, 0.1) is 0 Å². The zero-order chi connectivity index (χ0) is 23.2. The minimum absolute atomic E-state index is 0.0760. The molecule has 0 saturated carbocycles. The molecule has 0 N–H and O–H groups in total. The second-order valence-electron chi connectivity index (χ2n) is 7.58. The molecule has 0 amide bonds. The molecule has 1 aromatic heterocycles. The Morgan fingerprint density at radius 3 is 2.30 bits per heavy atom. The average Bonchev–Trinajstić information content (AvgIpc) is 2.82. The summed E-state index contributed by atoms with van der Waals surface area (Å²) in [7, 11) is -3.82. The maximum absolute atomic E-state index is 13.3. The summed E-state index contributed by atoms with van der Waals surface area (Å²) in [4.78, 5) is 9.16. The summed E-state index contributed by atoms with van der Waals surface area (Å²) in [6, 6.07) is 10.9. The Bertz CT molecular complexity index is 1310. The summed E-state index contributed by atoms with van der Waals surface area (Å²) in [6.07, 6.45) is -4.69. The Morgan fingerprint density at radius 2 is 1.58 bits per heavy atom. The molecule has 0 spiro atoms. The van der Waals surface area contributed by atoms with E-state index in [1.54, 1.807) is 29.2 Å². The van der Waals surface area contributed by atoms with Crippen LogP contribution in [0.1, 0.15) is 5.82 Å². The molecule has 33 heavy (non-hydrogen) atoms. The molecule has 2 aliphatic heterocycles. The van der Waals surface area contributed by atoms with Crippen LogP contribution in [0.4, 0.5) is 19.0 Å². The predicted octanol–water partition coefficient (Wildman–Crippen LogP) is 2.93. The van der Waals surface area contributed by atoms with Crippen LogP contribution in [-0.4, -0.2) is 62.1 Å². The third kappa shape index (κ3) is 4.04. The van der Waals surface area contributed by atoms with Gasteiger partial charge in [0.1, 0.15) is 19.0 Å². The van der Waals surface area contributed by atoms with Crippen molar-refractivity contribution in [2.45, 2.75) is 11.1 Å². The first-order valence-corrected chi connectivity index (χ1v) is 11.7. The van der Waals surface area contributed by atoms with Crippen LogP contribution in [0.3, 0.4) is 0 Å². The second-order valence-corrected chi connectivity index (χ2v) is 9.52. The van der Waals surface area contributed by atoms with Gasteiger partial charge < -0.3 is 14.4 Å². The van der Waals surface area contributed by atoms with Crippen molar-refractivity contribution in [3.8, 4) is 11.5 Å². The molecular weight excluding hydrogens is 461 g/mol. The molecule has 1 saturated heterocycles. The van der Waals surface area contributed by atoms with Crippen molar-refractivity contribution in [2.75, 3.05) is 44.3 Å². The lowest BCUT2D eigenvalue weighted by Gasteiger charge is -2.35. The van der Waals surface area contributed by atoms with Gasteiger partial charge in [0.25, 0.3) is 0 Å². The number of hydrogen-bond acceptors (Lipinski definition) is 7. The molecule has 174 valence electrons. The van der Waals surface area contributed by atoms with Crippen LogP contribution in [0.5, 0.6) is 11.5 Å². The predicted molar refractivity (Wildman–Crippen MR) is 113 cm³/mol. The first-order valence-electron chi connectivity index (χ1n) is 10.2. The number of fused-ring (bicyclic) bond motifs is 2. The van der Waals surface area contributed by atoms with E-state index in [9.17, 15) is 21.6 Å². The molecule has 12 heteroatoms. The van der Waals surface area contributed by atoms with Crippen molar-refractivity contribution < 1.29 is 31.1 Å². The quantitative estimate of drug-likeness (QED) is 0.570. The van der Waals surface area contributed by atoms with Crippen molar-refractivity contribution in [3.63, 3.8) is 0 Å². The highest BCUT2D eigenvalue weighted by Gasteiger charge is 2.37. The largest absolute Gasteiger partial charge is 0.486 e. The maximum atomic E-state index is 13.3. The van der Waals surface area contributed by atoms with E-state index in [1.165, 1.54) is 22.5 Å². The third-order valence-electron chi connectivity index (χ3n) is 5.53. The van der Waals surface area contributed by atoms with Gasteiger partial charge in [-0.2, -0.15) is 17.5 Å². The van der Waals surface area contributed by atoms with Crippen LogP contribution in [-0.2, 0) is 16.2 Å². The smallest absolute Gasteiger partial charge is 0.451 e. The number of sulfonamides is 1. The van der Waals surface area contributed by atoms with Gasteiger partial charge in [0.2, 0.25) is 15.8 Å². The van der Waals surface area contributed by atoms with Gasteiger partial charge in [-0.3, -0.25) is 0 Å². The van der Waals surface area contributed by atoms with E-state index in [0.717, 1.165) is 0 Å². The van der Waals surface area contributed by atoms with Crippen LogP contribution in [0.15, 0.2) is 47.4 Å². The van der Waals surface area contributed by atoms with Gasteiger partial charge >= 0.3 is 6.18 Å². The standard InChI is InChI=1S/C21H19F3N4O4S/c22-21(23,24)20-25-16-4-2-1-3-15(16)19(26-20)27-7-9-28(10-8-27)33(29,30)14-5-6-17-18(13-14)32-12-11-31-17/h1-6,13H,7-12H2. The number of para-hydroxylation sites is 1. The van der Waals surface area contributed by atoms with Gasteiger partial charge in [-0.1, -0.05) is 12.1 Å². The number of nitrogens with zero attached hydrogens (tertiary/aromatic N) is 4. The van der Waals surface area contributed by atoms with E-state index in [1.807, 2.05) is 0 Å². The maximum Gasteiger partial charge on any atom is 0.451 e. The minimum atomic E-state index is -4.69.